The number of hydrogen-bond donors (Lipinski definition) is 1. The van der Waals surface area contributed by atoms with Gasteiger partial charge in [0.2, 0.25) is 3.79 Å². The van der Waals surface area contributed by atoms with Crippen LogP contribution in [0.25, 0.3) is 0 Å². The van der Waals surface area contributed by atoms with Gasteiger partial charge in [-0.3, -0.25) is 4.79 Å². The summed E-state index contributed by atoms with van der Waals surface area (Å²) in [7, 11) is 0. The highest BCUT2D eigenvalue weighted by Gasteiger charge is 2.13. The van der Waals surface area contributed by atoms with Crippen molar-refractivity contribution in [2.45, 2.75) is 12.5 Å². The van der Waals surface area contributed by atoms with Crippen LogP contribution in [0.1, 0.15) is 5.56 Å². The van der Waals surface area contributed by atoms with Crippen molar-refractivity contribution >= 4 is 49.2 Å². The summed E-state index contributed by atoms with van der Waals surface area (Å²) in [5.74, 6) is 0. The van der Waals surface area contributed by atoms with Gasteiger partial charge in [-0.05, 0) is 12.0 Å². The Labute approximate surface area is 105 Å². The Kier molecular flexibility index (Phi) is 5.18. The van der Waals surface area contributed by atoms with Crippen molar-refractivity contribution in [2.24, 2.45) is 0 Å². The lowest BCUT2D eigenvalue weighted by molar-refractivity contribution is -0.110. The van der Waals surface area contributed by atoms with E-state index in [1.807, 2.05) is 75.8 Å². The van der Waals surface area contributed by atoms with E-state index >= 15 is 0 Å². The SMILES string of the molecule is O=C(I)C(Cc1ccccc1)NI. The van der Waals surface area contributed by atoms with E-state index in [0.29, 0.717) is 0 Å². The first-order chi connectivity index (χ1) is 6.24. The molecule has 0 heterocycles. The lowest BCUT2D eigenvalue weighted by Gasteiger charge is -2.09. The van der Waals surface area contributed by atoms with Gasteiger partial charge < -0.3 is 0 Å². The highest BCUT2D eigenvalue weighted by atomic mass is 127. The van der Waals surface area contributed by atoms with Crippen LogP contribution in [0.5, 0.6) is 0 Å². The second kappa shape index (κ2) is 5.92. The van der Waals surface area contributed by atoms with Gasteiger partial charge in [0.1, 0.15) is 0 Å². The molecule has 13 heavy (non-hydrogen) atoms. The molecule has 1 rings (SSSR count). The van der Waals surface area contributed by atoms with Gasteiger partial charge in [-0.2, -0.15) is 0 Å². The van der Waals surface area contributed by atoms with Crippen LogP contribution in [0.4, 0.5) is 0 Å². The molecule has 1 N–H and O–H groups in total. The molecule has 2 nitrogen and oxygen atoms in total. The minimum Gasteiger partial charge on any atom is -0.286 e. The van der Waals surface area contributed by atoms with Crippen LogP contribution in [0.3, 0.4) is 0 Å². The monoisotopic (exact) mass is 401 g/mol. The molecule has 0 radical (unpaired) electrons. The molecule has 0 spiro atoms. The molecule has 1 unspecified atom stereocenters. The third kappa shape index (κ3) is 3.90. The van der Waals surface area contributed by atoms with Crippen molar-refractivity contribution in [3.63, 3.8) is 0 Å². The van der Waals surface area contributed by atoms with Crippen molar-refractivity contribution in [1.82, 2.24) is 3.53 Å². The van der Waals surface area contributed by atoms with E-state index in [1.54, 1.807) is 0 Å². The number of halogens is 2. The number of carbonyl (C=O) groups excluding carboxylic acids is 1. The molecule has 0 aliphatic carbocycles. The number of rotatable bonds is 4. The van der Waals surface area contributed by atoms with E-state index in [9.17, 15) is 4.79 Å². The van der Waals surface area contributed by atoms with Crippen molar-refractivity contribution in [1.29, 1.82) is 0 Å². The standard InChI is InChI=1S/C9H9I2NO/c10-9(13)8(12-11)6-7-4-2-1-3-5-7/h1-5,8,12H,6H2. The molecule has 0 aromatic heterocycles. The Hall–Kier alpha value is 0.310. The largest absolute Gasteiger partial charge is 0.286 e. The van der Waals surface area contributed by atoms with Gasteiger partial charge in [-0.15, -0.1) is 0 Å². The second-order valence-corrected chi connectivity index (χ2v) is 4.34. The molecule has 1 atom stereocenters. The number of hydrogen-bond acceptors (Lipinski definition) is 2. The van der Waals surface area contributed by atoms with Crippen LogP contribution < -0.4 is 3.53 Å². The highest BCUT2D eigenvalue weighted by molar-refractivity contribution is 14.1. The molecule has 0 aliphatic heterocycles. The molecule has 0 aliphatic rings. The third-order valence-corrected chi connectivity index (χ3v) is 3.19. The molecule has 70 valence electrons. The van der Waals surface area contributed by atoms with Crippen molar-refractivity contribution < 1.29 is 4.79 Å². The van der Waals surface area contributed by atoms with Gasteiger partial charge in [0.05, 0.1) is 6.04 Å². The zero-order valence-corrected chi connectivity index (χ0v) is 11.2. The van der Waals surface area contributed by atoms with Gasteiger partial charge >= 0.3 is 0 Å². The zero-order valence-electron chi connectivity index (χ0n) is 6.84. The second-order valence-electron chi connectivity index (χ2n) is 2.66. The van der Waals surface area contributed by atoms with Crippen LogP contribution in [-0.2, 0) is 11.2 Å². The van der Waals surface area contributed by atoms with Crippen LogP contribution in [0.2, 0.25) is 0 Å². The van der Waals surface area contributed by atoms with Crippen molar-refractivity contribution in [3.8, 4) is 0 Å². The van der Waals surface area contributed by atoms with Crippen molar-refractivity contribution in [3.05, 3.63) is 35.9 Å². The number of carbonyl (C=O) groups is 1. The lowest BCUT2D eigenvalue weighted by atomic mass is 10.1. The maximum absolute atomic E-state index is 11.1. The fourth-order valence-corrected chi connectivity index (χ4v) is 2.49. The van der Waals surface area contributed by atoms with Crippen LogP contribution in [-0.4, -0.2) is 9.83 Å². The molecule has 0 bridgehead atoms. The minimum absolute atomic E-state index is 0.0800. The maximum Gasteiger partial charge on any atom is 0.210 e. The molecular weight excluding hydrogens is 392 g/mol. The Morgan fingerprint density at radius 2 is 2.00 bits per heavy atom. The average molecular weight is 401 g/mol. The first-order valence-corrected chi connectivity index (χ1v) is 5.99. The fourth-order valence-electron chi connectivity index (χ4n) is 1.01. The minimum atomic E-state index is -0.0800. The van der Waals surface area contributed by atoms with Crippen molar-refractivity contribution in [2.75, 3.05) is 0 Å². The Morgan fingerprint density at radius 3 is 2.46 bits per heavy atom. The van der Waals surface area contributed by atoms with Gasteiger partial charge in [0.25, 0.3) is 0 Å². The van der Waals surface area contributed by atoms with E-state index < -0.39 is 0 Å². The van der Waals surface area contributed by atoms with E-state index in [2.05, 4.69) is 3.53 Å². The van der Waals surface area contributed by atoms with E-state index in [4.69, 9.17) is 0 Å². The average Bonchev–Trinajstić information content (AvgIpc) is 2.15. The Bertz CT molecular complexity index is 276. The van der Waals surface area contributed by atoms with Crippen LogP contribution in [0.15, 0.2) is 30.3 Å². The topological polar surface area (TPSA) is 29.1 Å². The van der Waals surface area contributed by atoms with E-state index in [1.165, 1.54) is 5.56 Å². The number of benzene rings is 1. The number of nitrogens with one attached hydrogen (secondary N) is 1. The molecule has 0 amide bonds. The van der Waals surface area contributed by atoms with E-state index in [0.717, 1.165) is 6.42 Å². The molecule has 0 saturated carbocycles. The normalized spacial score (nSPS) is 12.5. The van der Waals surface area contributed by atoms with E-state index in [-0.39, 0.29) is 9.83 Å². The van der Waals surface area contributed by atoms with Gasteiger partial charge in [0, 0.05) is 45.5 Å². The Balaban J connectivity index is 2.62. The van der Waals surface area contributed by atoms with Gasteiger partial charge in [-0.25, -0.2) is 3.53 Å². The molecule has 0 fully saturated rings. The fraction of sp³-hybridized carbons (Fsp3) is 0.222. The van der Waals surface area contributed by atoms with Gasteiger partial charge in [-0.1, -0.05) is 30.3 Å². The first-order valence-electron chi connectivity index (χ1n) is 3.83. The summed E-state index contributed by atoms with van der Waals surface area (Å²) in [5, 5.41) is 0. The third-order valence-electron chi connectivity index (χ3n) is 1.69. The van der Waals surface area contributed by atoms with Crippen LogP contribution >= 0.6 is 45.5 Å². The predicted octanol–water partition coefficient (Wildman–Crippen LogP) is 2.50. The highest BCUT2D eigenvalue weighted by Crippen LogP contribution is 2.07. The Morgan fingerprint density at radius 1 is 1.38 bits per heavy atom. The molecule has 1 aromatic rings. The summed E-state index contributed by atoms with van der Waals surface area (Å²) in [6.45, 7) is 0. The summed E-state index contributed by atoms with van der Waals surface area (Å²) in [4.78, 5) is 11.1. The molecule has 1 aromatic carbocycles. The smallest absolute Gasteiger partial charge is 0.210 e. The predicted molar refractivity (Wildman–Crippen MR) is 70.1 cm³/mol. The molecular formula is C9H9I2NO. The summed E-state index contributed by atoms with van der Waals surface area (Å²) in [5.41, 5.74) is 1.18. The summed E-state index contributed by atoms with van der Waals surface area (Å²) < 4.78 is 3.11. The van der Waals surface area contributed by atoms with Crippen LogP contribution in [0, 0.1) is 0 Å². The zero-order chi connectivity index (χ0) is 9.68. The summed E-state index contributed by atoms with van der Waals surface area (Å²) in [6, 6.07) is 9.92. The lowest BCUT2D eigenvalue weighted by Crippen LogP contribution is -2.28. The molecule has 0 saturated heterocycles. The maximum atomic E-state index is 11.1. The first kappa shape index (κ1) is 11.4. The molecule has 4 heteroatoms. The summed E-state index contributed by atoms with van der Waals surface area (Å²) in [6.07, 6.45) is 0.756. The van der Waals surface area contributed by atoms with Gasteiger partial charge in [0.15, 0.2) is 0 Å². The quantitative estimate of drug-likeness (QED) is 0.478. The summed E-state index contributed by atoms with van der Waals surface area (Å²) >= 11 is 3.84.